The predicted octanol–water partition coefficient (Wildman–Crippen LogP) is 3.97. The van der Waals surface area contributed by atoms with Crippen molar-refractivity contribution >= 4 is 5.69 Å². The number of rotatable bonds is 4. The summed E-state index contributed by atoms with van der Waals surface area (Å²) in [5.74, 6) is 0.144. The lowest BCUT2D eigenvalue weighted by molar-refractivity contribution is -0.137. The first kappa shape index (κ1) is 20.2. The molecule has 0 aromatic heterocycles. The summed E-state index contributed by atoms with van der Waals surface area (Å²) < 4.78 is 52.3. The Balaban J connectivity index is 1.37. The molecule has 0 spiro atoms. The van der Waals surface area contributed by atoms with Crippen molar-refractivity contribution in [2.45, 2.75) is 12.1 Å². The van der Waals surface area contributed by atoms with E-state index in [1.54, 1.807) is 12.1 Å². The number of hydrogen-bond acceptors (Lipinski definition) is 3. The van der Waals surface area contributed by atoms with Gasteiger partial charge in [0.1, 0.15) is 5.82 Å². The van der Waals surface area contributed by atoms with Crippen LogP contribution >= 0.6 is 0 Å². The molecule has 2 aromatic carbocycles. The Morgan fingerprint density at radius 1 is 0.931 bits per heavy atom. The van der Waals surface area contributed by atoms with E-state index in [-0.39, 0.29) is 17.7 Å². The monoisotopic (exact) mass is 407 g/mol. The summed E-state index contributed by atoms with van der Waals surface area (Å²) in [5.41, 5.74) is 1.21. The number of hydrogen-bond donors (Lipinski definition) is 1. The van der Waals surface area contributed by atoms with Crippen molar-refractivity contribution in [3.05, 3.63) is 65.5 Å². The van der Waals surface area contributed by atoms with Crippen molar-refractivity contribution in [2.24, 2.45) is 5.92 Å². The van der Waals surface area contributed by atoms with Crippen LogP contribution < -0.4 is 10.2 Å². The van der Waals surface area contributed by atoms with Crippen molar-refractivity contribution in [1.82, 2.24) is 10.2 Å². The van der Waals surface area contributed by atoms with Gasteiger partial charge in [-0.3, -0.25) is 4.90 Å². The normalized spacial score (nSPS) is 23.5. The Morgan fingerprint density at radius 2 is 1.66 bits per heavy atom. The molecule has 2 aliphatic heterocycles. The van der Waals surface area contributed by atoms with Crippen LogP contribution in [0.4, 0.5) is 23.2 Å². The first-order valence-corrected chi connectivity index (χ1v) is 10.0. The van der Waals surface area contributed by atoms with E-state index in [4.69, 9.17) is 0 Å². The van der Waals surface area contributed by atoms with E-state index in [9.17, 15) is 17.6 Å². The lowest BCUT2D eigenvalue weighted by Gasteiger charge is -2.38. The predicted molar refractivity (Wildman–Crippen MR) is 106 cm³/mol. The minimum atomic E-state index is -4.31. The first-order valence-electron chi connectivity index (χ1n) is 10.0. The second-order valence-electron chi connectivity index (χ2n) is 7.91. The van der Waals surface area contributed by atoms with Gasteiger partial charge in [0.25, 0.3) is 0 Å². The highest BCUT2D eigenvalue weighted by Gasteiger charge is 2.34. The van der Waals surface area contributed by atoms with E-state index in [1.165, 1.54) is 24.3 Å². The van der Waals surface area contributed by atoms with Crippen LogP contribution in [0.3, 0.4) is 0 Å². The van der Waals surface area contributed by atoms with Gasteiger partial charge in [-0.2, -0.15) is 13.2 Å². The van der Waals surface area contributed by atoms with Gasteiger partial charge in [0.05, 0.1) is 5.56 Å². The van der Waals surface area contributed by atoms with Gasteiger partial charge in [-0.25, -0.2) is 4.39 Å². The molecule has 4 rings (SSSR count). The molecule has 2 fully saturated rings. The molecule has 156 valence electrons. The van der Waals surface area contributed by atoms with Gasteiger partial charge >= 0.3 is 6.18 Å². The summed E-state index contributed by atoms with van der Waals surface area (Å²) in [4.78, 5) is 4.63. The average Bonchev–Trinajstić information content (AvgIpc) is 3.17. The highest BCUT2D eigenvalue weighted by atomic mass is 19.4. The number of anilines is 1. The quantitative estimate of drug-likeness (QED) is 0.774. The molecule has 7 heteroatoms. The molecule has 0 saturated carbocycles. The van der Waals surface area contributed by atoms with Gasteiger partial charge in [0, 0.05) is 50.9 Å². The molecule has 0 aliphatic carbocycles. The van der Waals surface area contributed by atoms with Crippen LogP contribution in [0.15, 0.2) is 48.5 Å². The van der Waals surface area contributed by atoms with E-state index in [2.05, 4.69) is 15.1 Å². The van der Waals surface area contributed by atoms with Crippen molar-refractivity contribution in [3.63, 3.8) is 0 Å². The third-order valence-electron chi connectivity index (χ3n) is 6.04. The van der Waals surface area contributed by atoms with Crippen LogP contribution in [0.2, 0.25) is 0 Å². The maximum Gasteiger partial charge on any atom is 0.416 e. The molecule has 29 heavy (non-hydrogen) atoms. The molecule has 2 heterocycles. The van der Waals surface area contributed by atoms with Gasteiger partial charge in [-0.1, -0.05) is 18.2 Å². The topological polar surface area (TPSA) is 18.5 Å². The summed E-state index contributed by atoms with van der Waals surface area (Å²) in [7, 11) is 0. The zero-order valence-electron chi connectivity index (χ0n) is 16.1. The van der Waals surface area contributed by atoms with Crippen LogP contribution in [0, 0.1) is 11.7 Å². The highest BCUT2D eigenvalue weighted by Crippen LogP contribution is 2.34. The molecule has 3 nitrogen and oxygen atoms in total. The number of nitrogens with zero attached hydrogens (tertiary/aromatic N) is 2. The molecule has 1 N–H and O–H groups in total. The van der Waals surface area contributed by atoms with Crippen molar-refractivity contribution in [1.29, 1.82) is 0 Å². The molecular weight excluding hydrogens is 382 g/mol. The summed E-state index contributed by atoms with van der Waals surface area (Å²) in [6.45, 7) is 5.90. The zero-order valence-corrected chi connectivity index (χ0v) is 16.1. The number of piperazine rings is 1. The second-order valence-corrected chi connectivity index (χ2v) is 7.91. The minimum absolute atomic E-state index is 0.0902. The summed E-state index contributed by atoms with van der Waals surface area (Å²) >= 11 is 0. The number of alkyl halides is 3. The van der Waals surface area contributed by atoms with Crippen LogP contribution in [0.25, 0.3) is 0 Å². The first-order chi connectivity index (χ1) is 13.9. The minimum Gasteiger partial charge on any atom is -0.369 e. The molecule has 2 unspecified atom stereocenters. The third kappa shape index (κ3) is 4.73. The van der Waals surface area contributed by atoms with Gasteiger partial charge in [-0.05, 0) is 48.4 Å². The fraction of sp³-hybridized carbons (Fsp3) is 0.455. The van der Waals surface area contributed by atoms with Crippen LogP contribution in [-0.2, 0) is 6.18 Å². The fourth-order valence-corrected chi connectivity index (χ4v) is 4.43. The van der Waals surface area contributed by atoms with E-state index >= 15 is 0 Å². The standard InChI is InChI=1S/C22H25F4N3/c23-19-4-6-20(7-5-19)29-10-8-28(9-11-29)15-17-13-27-14-21(17)16-2-1-3-18(12-16)22(24,25)26/h1-7,12,17,21,27H,8-11,13-15H2. The van der Waals surface area contributed by atoms with Gasteiger partial charge in [-0.15, -0.1) is 0 Å². The molecule has 2 aliphatic rings. The van der Waals surface area contributed by atoms with Crippen LogP contribution in [0.5, 0.6) is 0 Å². The van der Waals surface area contributed by atoms with Crippen LogP contribution in [-0.4, -0.2) is 50.7 Å². The molecule has 2 atom stereocenters. The summed E-state index contributed by atoms with van der Waals surface area (Å²) in [5, 5.41) is 3.35. The van der Waals surface area contributed by atoms with E-state index in [0.29, 0.717) is 6.54 Å². The second kappa shape index (κ2) is 8.32. The van der Waals surface area contributed by atoms with E-state index in [1.807, 2.05) is 6.07 Å². The maximum atomic E-state index is 13.1. The number of nitrogens with one attached hydrogen (secondary N) is 1. The Bertz CT molecular complexity index is 814. The largest absolute Gasteiger partial charge is 0.416 e. The van der Waals surface area contributed by atoms with Gasteiger partial charge < -0.3 is 10.2 Å². The van der Waals surface area contributed by atoms with Crippen LogP contribution in [0.1, 0.15) is 17.0 Å². The average molecular weight is 407 g/mol. The lowest BCUT2D eigenvalue weighted by atomic mass is 9.87. The molecule has 0 amide bonds. The van der Waals surface area contributed by atoms with Gasteiger partial charge in [0.15, 0.2) is 0 Å². The van der Waals surface area contributed by atoms with E-state index < -0.39 is 11.7 Å². The smallest absolute Gasteiger partial charge is 0.369 e. The highest BCUT2D eigenvalue weighted by molar-refractivity contribution is 5.46. The molecular formula is C22H25F4N3. The summed E-state index contributed by atoms with van der Waals surface area (Å²) in [6.07, 6.45) is -4.31. The van der Waals surface area contributed by atoms with E-state index in [0.717, 1.165) is 56.6 Å². The molecule has 2 aromatic rings. The SMILES string of the molecule is Fc1ccc(N2CCN(CC3CNCC3c3cccc(C(F)(F)F)c3)CC2)cc1. The van der Waals surface area contributed by atoms with Crippen molar-refractivity contribution < 1.29 is 17.6 Å². The Labute approximate surface area is 168 Å². The fourth-order valence-electron chi connectivity index (χ4n) is 4.43. The maximum absolute atomic E-state index is 13.1. The molecule has 0 bridgehead atoms. The molecule has 0 radical (unpaired) electrons. The number of halogens is 4. The Hall–Kier alpha value is -2.12. The third-order valence-corrected chi connectivity index (χ3v) is 6.04. The zero-order chi connectivity index (χ0) is 20.4. The van der Waals surface area contributed by atoms with Gasteiger partial charge in [0.2, 0.25) is 0 Å². The lowest BCUT2D eigenvalue weighted by Crippen LogP contribution is -2.48. The molecule has 2 saturated heterocycles. The number of benzene rings is 2. The van der Waals surface area contributed by atoms with Crippen molar-refractivity contribution in [2.75, 3.05) is 50.7 Å². The summed E-state index contributed by atoms with van der Waals surface area (Å²) in [6, 6.07) is 12.3. The Kier molecular flexibility index (Phi) is 5.79. The Morgan fingerprint density at radius 3 is 2.34 bits per heavy atom. The van der Waals surface area contributed by atoms with Crippen molar-refractivity contribution in [3.8, 4) is 0 Å².